The van der Waals surface area contributed by atoms with Gasteiger partial charge in [0.2, 0.25) is 0 Å². The molecule has 5 nitrogen and oxygen atoms in total. The first kappa shape index (κ1) is 21.1. The monoisotopic (exact) mass is 385 g/mol. The summed E-state index contributed by atoms with van der Waals surface area (Å²) in [7, 11) is 0. The Morgan fingerprint density at radius 1 is 0.857 bits per heavy atom. The molecule has 1 aromatic rings. The van der Waals surface area contributed by atoms with Crippen molar-refractivity contribution in [2.75, 3.05) is 45.8 Å². The van der Waals surface area contributed by atoms with Crippen LogP contribution in [-0.2, 0) is 13.1 Å². The third kappa shape index (κ3) is 7.44. The summed E-state index contributed by atoms with van der Waals surface area (Å²) in [5.41, 5.74) is 2.69. The molecule has 0 aliphatic carbocycles. The highest BCUT2D eigenvalue weighted by atomic mass is 15.2. The van der Waals surface area contributed by atoms with Gasteiger partial charge in [0.05, 0.1) is 6.54 Å². The van der Waals surface area contributed by atoms with Crippen molar-refractivity contribution in [3.63, 3.8) is 0 Å². The second kappa shape index (κ2) is 12.1. The number of rotatable bonds is 9. The average Bonchev–Trinajstić information content (AvgIpc) is 3.25. The van der Waals surface area contributed by atoms with E-state index in [1.165, 1.54) is 82.4 Å². The molecule has 0 radical (unpaired) electrons. The average molecular weight is 386 g/mol. The first-order chi connectivity index (χ1) is 13.8. The second-order valence-corrected chi connectivity index (χ2v) is 8.18. The van der Waals surface area contributed by atoms with E-state index in [9.17, 15) is 0 Å². The van der Waals surface area contributed by atoms with Crippen molar-refractivity contribution in [3.8, 4) is 0 Å². The Morgan fingerprint density at radius 3 is 2.21 bits per heavy atom. The maximum atomic E-state index is 4.77. The zero-order chi connectivity index (χ0) is 19.4. The Balaban J connectivity index is 1.41. The second-order valence-electron chi connectivity index (χ2n) is 8.18. The highest BCUT2D eigenvalue weighted by Gasteiger charge is 2.11. The zero-order valence-electron chi connectivity index (χ0n) is 17.8. The predicted molar refractivity (Wildman–Crippen MR) is 119 cm³/mol. The summed E-state index contributed by atoms with van der Waals surface area (Å²) >= 11 is 0. The number of hydrogen-bond donors (Lipinski definition) is 2. The minimum atomic E-state index is 0.728. The lowest BCUT2D eigenvalue weighted by Gasteiger charge is -2.26. The molecule has 0 atom stereocenters. The lowest BCUT2D eigenvalue weighted by molar-refractivity contribution is 0.221. The van der Waals surface area contributed by atoms with Gasteiger partial charge in [-0.05, 0) is 82.9 Å². The van der Waals surface area contributed by atoms with E-state index in [4.69, 9.17) is 4.99 Å². The van der Waals surface area contributed by atoms with Crippen LogP contribution in [0.2, 0.25) is 0 Å². The van der Waals surface area contributed by atoms with E-state index in [2.05, 4.69) is 51.6 Å². The fourth-order valence-corrected chi connectivity index (χ4v) is 4.15. The zero-order valence-corrected chi connectivity index (χ0v) is 17.8. The molecule has 1 aromatic carbocycles. The number of piperidine rings is 1. The van der Waals surface area contributed by atoms with Crippen LogP contribution in [0, 0.1) is 0 Å². The molecule has 2 saturated heterocycles. The van der Waals surface area contributed by atoms with Gasteiger partial charge in [-0.3, -0.25) is 4.90 Å². The number of nitrogens with one attached hydrogen (secondary N) is 2. The van der Waals surface area contributed by atoms with Gasteiger partial charge in [0.1, 0.15) is 0 Å². The molecule has 2 N–H and O–H groups in total. The Labute approximate surface area is 171 Å². The molecule has 3 rings (SSSR count). The first-order valence-corrected chi connectivity index (χ1v) is 11.4. The van der Waals surface area contributed by atoms with E-state index < -0.39 is 0 Å². The molecule has 156 valence electrons. The summed E-state index contributed by atoms with van der Waals surface area (Å²) in [6, 6.07) is 9.02. The Morgan fingerprint density at radius 2 is 1.50 bits per heavy atom. The minimum Gasteiger partial charge on any atom is -0.357 e. The number of guanidine groups is 1. The molecule has 2 heterocycles. The van der Waals surface area contributed by atoms with Gasteiger partial charge in [0.15, 0.2) is 5.96 Å². The van der Waals surface area contributed by atoms with Crippen molar-refractivity contribution >= 4 is 5.96 Å². The van der Waals surface area contributed by atoms with E-state index in [1.807, 2.05) is 0 Å². The van der Waals surface area contributed by atoms with Gasteiger partial charge in [-0.25, -0.2) is 4.99 Å². The summed E-state index contributed by atoms with van der Waals surface area (Å²) in [6.45, 7) is 12.1. The fraction of sp³-hybridized carbons (Fsp3) is 0.696. The molecule has 2 aliphatic rings. The number of aliphatic imine (C=N–C) groups is 1. The van der Waals surface area contributed by atoms with Crippen LogP contribution in [0.3, 0.4) is 0 Å². The van der Waals surface area contributed by atoms with Crippen LogP contribution in [-0.4, -0.2) is 61.6 Å². The molecule has 0 spiro atoms. The molecular weight excluding hydrogens is 346 g/mol. The van der Waals surface area contributed by atoms with Gasteiger partial charge < -0.3 is 15.5 Å². The third-order valence-corrected chi connectivity index (χ3v) is 5.78. The molecule has 0 unspecified atom stereocenters. The molecular formula is C23H39N5. The predicted octanol–water partition coefficient (Wildman–Crippen LogP) is 3.21. The number of benzene rings is 1. The van der Waals surface area contributed by atoms with Gasteiger partial charge in [-0.15, -0.1) is 0 Å². The summed E-state index contributed by atoms with van der Waals surface area (Å²) in [5, 5.41) is 6.85. The van der Waals surface area contributed by atoms with Crippen molar-refractivity contribution in [3.05, 3.63) is 35.4 Å². The van der Waals surface area contributed by atoms with Crippen molar-refractivity contribution in [1.82, 2.24) is 20.4 Å². The molecule has 2 fully saturated rings. The van der Waals surface area contributed by atoms with Crippen LogP contribution >= 0.6 is 0 Å². The van der Waals surface area contributed by atoms with Gasteiger partial charge in [0.25, 0.3) is 0 Å². The van der Waals surface area contributed by atoms with E-state index in [1.54, 1.807) is 0 Å². The quantitative estimate of drug-likeness (QED) is 0.389. The van der Waals surface area contributed by atoms with Crippen molar-refractivity contribution in [2.24, 2.45) is 4.99 Å². The van der Waals surface area contributed by atoms with E-state index in [-0.39, 0.29) is 0 Å². The van der Waals surface area contributed by atoms with Gasteiger partial charge >= 0.3 is 0 Å². The van der Waals surface area contributed by atoms with Crippen LogP contribution in [0.4, 0.5) is 0 Å². The van der Waals surface area contributed by atoms with E-state index in [0.29, 0.717) is 0 Å². The highest BCUT2D eigenvalue weighted by molar-refractivity contribution is 5.79. The number of hydrogen-bond acceptors (Lipinski definition) is 3. The van der Waals surface area contributed by atoms with Crippen LogP contribution in [0.5, 0.6) is 0 Å². The maximum Gasteiger partial charge on any atom is 0.191 e. The van der Waals surface area contributed by atoms with E-state index in [0.717, 1.165) is 32.1 Å². The molecule has 5 heteroatoms. The van der Waals surface area contributed by atoms with Crippen LogP contribution in [0.25, 0.3) is 0 Å². The largest absolute Gasteiger partial charge is 0.357 e. The fourth-order valence-electron chi connectivity index (χ4n) is 4.15. The Bertz CT molecular complexity index is 571. The van der Waals surface area contributed by atoms with Gasteiger partial charge in [-0.1, -0.05) is 30.7 Å². The van der Waals surface area contributed by atoms with Crippen molar-refractivity contribution < 1.29 is 0 Å². The standard InChI is InChI=1S/C23H39N5/c1-2-24-23(25-13-8-18-27-14-6-7-15-27)26-19-21-9-11-22(12-10-21)20-28-16-4-3-5-17-28/h9-12H,2-8,13-20H2,1H3,(H2,24,25,26). The Kier molecular flexibility index (Phi) is 9.11. The summed E-state index contributed by atoms with van der Waals surface area (Å²) in [4.78, 5) is 9.91. The summed E-state index contributed by atoms with van der Waals surface area (Å²) in [5.74, 6) is 0.932. The van der Waals surface area contributed by atoms with Crippen LogP contribution in [0.15, 0.2) is 29.3 Å². The topological polar surface area (TPSA) is 42.9 Å². The van der Waals surface area contributed by atoms with Crippen LogP contribution in [0.1, 0.15) is 56.6 Å². The smallest absolute Gasteiger partial charge is 0.191 e. The summed E-state index contributed by atoms with van der Waals surface area (Å²) < 4.78 is 0. The normalized spacial score (nSPS) is 19.1. The SMILES string of the molecule is CCNC(=NCc1ccc(CN2CCCCC2)cc1)NCCCN1CCCC1. The molecule has 2 aliphatic heterocycles. The molecule has 0 amide bonds. The number of likely N-dealkylation sites (tertiary alicyclic amines) is 2. The lowest BCUT2D eigenvalue weighted by Crippen LogP contribution is -2.38. The van der Waals surface area contributed by atoms with Gasteiger partial charge in [0, 0.05) is 19.6 Å². The third-order valence-electron chi connectivity index (χ3n) is 5.78. The Hall–Kier alpha value is -1.59. The minimum absolute atomic E-state index is 0.728. The van der Waals surface area contributed by atoms with Crippen LogP contribution < -0.4 is 10.6 Å². The number of nitrogens with zero attached hydrogens (tertiary/aromatic N) is 3. The van der Waals surface area contributed by atoms with Crippen molar-refractivity contribution in [1.29, 1.82) is 0 Å². The van der Waals surface area contributed by atoms with Gasteiger partial charge in [-0.2, -0.15) is 0 Å². The van der Waals surface area contributed by atoms with Crippen molar-refractivity contribution in [2.45, 2.75) is 58.5 Å². The molecule has 0 saturated carbocycles. The first-order valence-electron chi connectivity index (χ1n) is 11.4. The maximum absolute atomic E-state index is 4.77. The lowest BCUT2D eigenvalue weighted by atomic mass is 10.1. The highest BCUT2D eigenvalue weighted by Crippen LogP contribution is 2.14. The molecule has 0 aromatic heterocycles. The summed E-state index contributed by atoms with van der Waals surface area (Å²) in [6.07, 6.45) is 8.02. The molecule has 28 heavy (non-hydrogen) atoms. The molecule has 0 bridgehead atoms. The van der Waals surface area contributed by atoms with E-state index >= 15 is 0 Å².